The molecule has 4 heteroatoms. The molecular weight excluding hydrogens is 168 g/mol. The van der Waals surface area contributed by atoms with Crippen molar-refractivity contribution in [2.45, 2.75) is 44.2 Å². The maximum absolute atomic E-state index is 4.97. The Morgan fingerprint density at radius 3 is 1.69 bits per heavy atom. The van der Waals surface area contributed by atoms with Crippen molar-refractivity contribution in [3.05, 3.63) is 0 Å². The largest absolute Gasteiger partial charge is 0.305 e. The second kappa shape index (κ2) is 6.32. The molecule has 0 bridgehead atoms. The number of hydrogen-bond donors (Lipinski definition) is 2. The van der Waals surface area contributed by atoms with E-state index in [1.54, 1.807) is 14.2 Å². The molecule has 1 aliphatic rings. The van der Waals surface area contributed by atoms with Crippen LogP contribution in [0.5, 0.6) is 0 Å². The number of nitrogens with one attached hydrogen (secondary N) is 2. The van der Waals surface area contributed by atoms with Gasteiger partial charge in [0.25, 0.3) is 0 Å². The molecule has 0 aromatic rings. The minimum atomic E-state index is 0.368. The molecular formula is C9H20N2O2. The van der Waals surface area contributed by atoms with Gasteiger partial charge in [-0.25, -0.2) is 0 Å². The zero-order valence-corrected chi connectivity index (χ0v) is 8.51. The van der Waals surface area contributed by atoms with Crippen LogP contribution in [0.15, 0.2) is 0 Å². The fourth-order valence-corrected chi connectivity index (χ4v) is 1.89. The third-order valence-electron chi connectivity index (χ3n) is 2.55. The van der Waals surface area contributed by atoms with E-state index in [4.69, 9.17) is 9.68 Å². The van der Waals surface area contributed by atoms with Crippen molar-refractivity contribution < 1.29 is 9.68 Å². The highest BCUT2D eigenvalue weighted by Crippen LogP contribution is 2.18. The van der Waals surface area contributed by atoms with Gasteiger partial charge in [0, 0.05) is 12.1 Å². The van der Waals surface area contributed by atoms with E-state index in [9.17, 15) is 0 Å². The standard InChI is InChI=1S/C9H20N2O2/c1-12-10-8-6-4-3-5-7-9(8)11-13-2/h8-11H,3-7H2,1-2H3/t8-,9+. The van der Waals surface area contributed by atoms with E-state index < -0.39 is 0 Å². The van der Waals surface area contributed by atoms with Crippen molar-refractivity contribution in [3.8, 4) is 0 Å². The molecule has 0 spiro atoms. The first-order valence-electron chi connectivity index (χ1n) is 4.95. The van der Waals surface area contributed by atoms with E-state index in [2.05, 4.69) is 11.0 Å². The van der Waals surface area contributed by atoms with Crippen LogP contribution < -0.4 is 11.0 Å². The Hall–Kier alpha value is -0.160. The Balaban J connectivity index is 2.40. The molecule has 0 radical (unpaired) electrons. The highest BCUT2D eigenvalue weighted by atomic mass is 16.6. The number of rotatable bonds is 4. The van der Waals surface area contributed by atoms with Crippen LogP contribution in [-0.4, -0.2) is 26.3 Å². The number of hydroxylamine groups is 2. The lowest BCUT2D eigenvalue weighted by Crippen LogP contribution is -2.46. The fourth-order valence-electron chi connectivity index (χ4n) is 1.89. The van der Waals surface area contributed by atoms with Crippen molar-refractivity contribution >= 4 is 0 Å². The Labute approximate surface area is 79.9 Å². The van der Waals surface area contributed by atoms with E-state index in [1.165, 1.54) is 19.3 Å². The summed E-state index contributed by atoms with van der Waals surface area (Å²) in [4.78, 5) is 9.94. The maximum Gasteiger partial charge on any atom is 0.0572 e. The lowest BCUT2D eigenvalue weighted by atomic mass is 10.1. The first-order valence-corrected chi connectivity index (χ1v) is 4.95. The van der Waals surface area contributed by atoms with Gasteiger partial charge in [0.05, 0.1) is 14.2 Å². The molecule has 0 heterocycles. The second-order valence-corrected chi connectivity index (χ2v) is 3.49. The maximum atomic E-state index is 4.97. The average Bonchev–Trinajstić information content (AvgIpc) is 2.33. The van der Waals surface area contributed by atoms with Gasteiger partial charge in [-0.15, -0.1) is 0 Å². The Morgan fingerprint density at radius 1 is 0.846 bits per heavy atom. The van der Waals surface area contributed by atoms with Gasteiger partial charge in [0.1, 0.15) is 0 Å². The summed E-state index contributed by atoms with van der Waals surface area (Å²) in [7, 11) is 3.32. The molecule has 13 heavy (non-hydrogen) atoms. The minimum Gasteiger partial charge on any atom is -0.305 e. The smallest absolute Gasteiger partial charge is 0.0572 e. The summed E-state index contributed by atoms with van der Waals surface area (Å²) in [5.41, 5.74) is 6.03. The zero-order chi connectivity index (χ0) is 9.52. The molecule has 2 atom stereocenters. The molecule has 0 aromatic heterocycles. The molecule has 0 amide bonds. The molecule has 0 aromatic carbocycles. The molecule has 1 saturated carbocycles. The van der Waals surface area contributed by atoms with Crippen molar-refractivity contribution in [1.82, 2.24) is 11.0 Å². The third kappa shape index (κ3) is 3.60. The van der Waals surface area contributed by atoms with Crippen LogP contribution in [0.1, 0.15) is 32.1 Å². The van der Waals surface area contributed by atoms with E-state index in [0.717, 1.165) is 12.8 Å². The van der Waals surface area contributed by atoms with Crippen LogP contribution in [0.4, 0.5) is 0 Å². The van der Waals surface area contributed by atoms with Crippen LogP contribution in [0.25, 0.3) is 0 Å². The van der Waals surface area contributed by atoms with E-state index in [-0.39, 0.29) is 0 Å². The molecule has 1 aliphatic carbocycles. The fraction of sp³-hybridized carbons (Fsp3) is 1.00. The molecule has 2 N–H and O–H groups in total. The molecule has 0 unspecified atom stereocenters. The van der Waals surface area contributed by atoms with Gasteiger partial charge >= 0.3 is 0 Å². The normalized spacial score (nSPS) is 30.0. The summed E-state index contributed by atoms with van der Waals surface area (Å²) in [6.45, 7) is 0. The quantitative estimate of drug-likeness (QED) is 0.510. The Bertz CT molecular complexity index is 119. The topological polar surface area (TPSA) is 42.5 Å². The summed E-state index contributed by atoms with van der Waals surface area (Å²) in [5.74, 6) is 0. The highest BCUT2D eigenvalue weighted by molar-refractivity contribution is 4.80. The van der Waals surface area contributed by atoms with Crippen molar-refractivity contribution in [2.75, 3.05) is 14.2 Å². The van der Waals surface area contributed by atoms with E-state index in [1.807, 2.05) is 0 Å². The summed E-state index contributed by atoms with van der Waals surface area (Å²) in [6, 6.07) is 0.736. The van der Waals surface area contributed by atoms with Crippen molar-refractivity contribution in [1.29, 1.82) is 0 Å². The molecule has 0 aliphatic heterocycles. The lowest BCUT2D eigenvalue weighted by Gasteiger charge is -2.24. The Kier molecular flexibility index (Phi) is 5.31. The SMILES string of the molecule is CON[C@H]1CCCCC[C@H]1NOC. The van der Waals surface area contributed by atoms with Crippen LogP contribution in [0.2, 0.25) is 0 Å². The molecule has 78 valence electrons. The van der Waals surface area contributed by atoms with Gasteiger partial charge < -0.3 is 9.68 Å². The zero-order valence-electron chi connectivity index (χ0n) is 8.51. The summed E-state index contributed by atoms with van der Waals surface area (Å²) in [5, 5.41) is 0. The van der Waals surface area contributed by atoms with Gasteiger partial charge in [-0.05, 0) is 12.8 Å². The lowest BCUT2D eigenvalue weighted by molar-refractivity contribution is -0.00146. The first kappa shape index (κ1) is 10.9. The van der Waals surface area contributed by atoms with Gasteiger partial charge in [0.15, 0.2) is 0 Å². The third-order valence-corrected chi connectivity index (χ3v) is 2.55. The second-order valence-electron chi connectivity index (χ2n) is 3.49. The first-order chi connectivity index (χ1) is 6.38. The predicted octanol–water partition coefficient (Wildman–Crippen LogP) is 0.990. The van der Waals surface area contributed by atoms with Gasteiger partial charge in [-0.2, -0.15) is 11.0 Å². The van der Waals surface area contributed by atoms with Crippen LogP contribution in [-0.2, 0) is 9.68 Å². The van der Waals surface area contributed by atoms with Gasteiger partial charge in [-0.1, -0.05) is 19.3 Å². The highest BCUT2D eigenvalue weighted by Gasteiger charge is 2.23. The number of hydrogen-bond acceptors (Lipinski definition) is 4. The molecule has 4 nitrogen and oxygen atoms in total. The Morgan fingerprint density at radius 2 is 1.31 bits per heavy atom. The van der Waals surface area contributed by atoms with Gasteiger partial charge in [-0.3, -0.25) is 0 Å². The molecule has 1 rings (SSSR count). The van der Waals surface area contributed by atoms with E-state index in [0.29, 0.717) is 12.1 Å². The summed E-state index contributed by atoms with van der Waals surface area (Å²) in [6.07, 6.45) is 6.14. The van der Waals surface area contributed by atoms with Crippen molar-refractivity contribution in [2.24, 2.45) is 0 Å². The predicted molar refractivity (Wildman–Crippen MR) is 51.0 cm³/mol. The van der Waals surface area contributed by atoms with Crippen LogP contribution in [0, 0.1) is 0 Å². The average molecular weight is 188 g/mol. The minimum absolute atomic E-state index is 0.368. The van der Waals surface area contributed by atoms with Crippen molar-refractivity contribution in [3.63, 3.8) is 0 Å². The monoisotopic (exact) mass is 188 g/mol. The summed E-state index contributed by atoms with van der Waals surface area (Å²) < 4.78 is 0. The van der Waals surface area contributed by atoms with E-state index >= 15 is 0 Å². The van der Waals surface area contributed by atoms with Gasteiger partial charge in [0.2, 0.25) is 0 Å². The van der Waals surface area contributed by atoms with Crippen LogP contribution >= 0.6 is 0 Å². The summed E-state index contributed by atoms with van der Waals surface area (Å²) >= 11 is 0. The molecule has 0 saturated heterocycles. The molecule has 1 fully saturated rings. The van der Waals surface area contributed by atoms with Crippen LogP contribution in [0.3, 0.4) is 0 Å².